The number of nitrogens with one attached hydrogen (secondary N) is 1. The summed E-state index contributed by atoms with van der Waals surface area (Å²) in [7, 11) is 1.80. The molecule has 0 spiro atoms. The Bertz CT molecular complexity index is 1080. The molecule has 2 aromatic carbocycles. The maximum absolute atomic E-state index is 11.3. The monoisotopic (exact) mass is 318 g/mol. The largest absolute Gasteiger partial charge is 0.478 e. The van der Waals surface area contributed by atoms with E-state index in [2.05, 4.69) is 15.3 Å². The Morgan fingerprint density at radius 3 is 2.79 bits per heavy atom. The Kier molecular flexibility index (Phi) is 3.16. The van der Waals surface area contributed by atoms with Crippen LogP contribution >= 0.6 is 0 Å². The fourth-order valence-electron chi connectivity index (χ4n) is 2.86. The lowest BCUT2D eigenvalue weighted by atomic mass is 10.1. The first-order chi connectivity index (χ1) is 11.7. The number of carboxylic acid groups (broad SMARTS) is 1. The Morgan fingerprint density at radius 2 is 2.00 bits per heavy atom. The molecular formula is C18H14N4O2. The van der Waals surface area contributed by atoms with Crippen LogP contribution in [0.15, 0.2) is 54.7 Å². The van der Waals surface area contributed by atoms with Crippen molar-refractivity contribution in [3.8, 4) is 11.3 Å². The van der Waals surface area contributed by atoms with Gasteiger partial charge in [-0.05, 0) is 24.3 Å². The van der Waals surface area contributed by atoms with Gasteiger partial charge >= 0.3 is 5.97 Å². The van der Waals surface area contributed by atoms with Crippen LogP contribution in [0.5, 0.6) is 0 Å². The van der Waals surface area contributed by atoms with Crippen LogP contribution in [0.25, 0.3) is 27.9 Å². The van der Waals surface area contributed by atoms with Crippen molar-refractivity contribution in [1.29, 1.82) is 0 Å². The summed E-state index contributed by atoms with van der Waals surface area (Å²) in [5.74, 6) is -0.276. The molecule has 4 aromatic rings. The van der Waals surface area contributed by atoms with E-state index in [4.69, 9.17) is 0 Å². The highest BCUT2D eigenvalue weighted by molar-refractivity contribution is 5.90. The summed E-state index contributed by atoms with van der Waals surface area (Å²) in [6.45, 7) is 0. The highest BCUT2D eigenvalue weighted by atomic mass is 16.4. The second kappa shape index (κ2) is 5.34. The predicted octanol–water partition coefficient (Wildman–Crippen LogP) is 3.29. The fourth-order valence-corrected chi connectivity index (χ4v) is 2.86. The number of anilines is 1. The van der Waals surface area contributed by atoms with Gasteiger partial charge in [-0.25, -0.2) is 14.8 Å². The van der Waals surface area contributed by atoms with E-state index in [1.54, 1.807) is 31.4 Å². The molecule has 6 nitrogen and oxygen atoms in total. The predicted molar refractivity (Wildman–Crippen MR) is 92.4 cm³/mol. The first kappa shape index (κ1) is 14.2. The number of fused-ring (bicyclic) bond motifs is 3. The van der Waals surface area contributed by atoms with Crippen LogP contribution in [-0.2, 0) is 0 Å². The highest BCUT2D eigenvalue weighted by Gasteiger charge is 2.14. The molecular weight excluding hydrogens is 304 g/mol. The van der Waals surface area contributed by atoms with Crippen molar-refractivity contribution in [3.63, 3.8) is 0 Å². The molecule has 0 aliphatic rings. The second-order valence-electron chi connectivity index (χ2n) is 5.39. The number of aromatic nitrogens is 3. The molecule has 0 saturated heterocycles. The average molecular weight is 318 g/mol. The van der Waals surface area contributed by atoms with Crippen LogP contribution in [-0.4, -0.2) is 32.5 Å². The van der Waals surface area contributed by atoms with Crippen LogP contribution in [0.3, 0.4) is 0 Å². The minimum atomic E-state index is -0.951. The summed E-state index contributed by atoms with van der Waals surface area (Å²) in [6.07, 6.45) is 1.74. The lowest BCUT2D eigenvalue weighted by molar-refractivity contribution is 0.0697. The van der Waals surface area contributed by atoms with Crippen molar-refractivity contribution < 1.29 is 9.90 Å². The molecule has 0 fully saturated rings. The summed E-state index contributed by atoms with van der Waals surface area (Å²) in [6, 6.07) is 14.6. The van der Waals surface area contributed by atoms with Gasteiger partial charge in [-0.15, -0.1) is 0 Å². The van der Waals surface area contributed by atoms with Gasteiger partial charge in [0.05, 0.1) is 28.5 Å². The minimum absolute atomic E-state index is 0.245. The molecule has 24 heavy (non-hydrogen) atoms. The highest BCUT2D eigenvalue weighted by Crippen LogP contribution is 2.28. The van der Waals surface area contributed by atoms with E-state index in [1.807, 2.05) is 34.7 Å². The number of imidazole rings is 1. The van der Waals surface area contributed by atoms with E-state index in [9.17, 15) is 9.90 Å². The van der Waals surface area contributed by atoms with Gasteiger partial charge in [-0.2, -0.15) is 0 Å². The molecule has 0 radical (unpaired) electrons. The second-order valence-corrected chi connectivity index (χ2v) is 5.39. The van der Waals surface area contributed by atoms with Gasteiger partial charge < -0.3 is 10.4 Å². The Hall–Kier alpha value is -3.41. The summed E-state index contributed by atoms with van der Waals surface area (Å²) < 4.78 is 2.00. The molecule has 0 atom stereocenters. The lowest BCUT2D eigenvalue weighted by Gasteiger charge is -2.09. The standard InChI is InChI=1S/C18H14N4O2/c1-19-16-17-20-10-15(11-5-4-6-12(9-11)18(23)24)22(17)14-8-3-2-7-13(14)21-16/h2-10H,1H3,(H,19,21)(H,23,24). The van der Waals surface area contributed by atoms with Crippen LogP contribution in [0.4, 0.5) is 5.82 Å². The Balaban J connectivity index is 2.08. The third kappa shape index (κ3) is 2.08. The number of benzene rings is 2. The van der Waals surface area contributed by atoms with E-state index in [0.717, 1.165) is 22.3 Å². The smallest absolute Gasteiger partial charge is 0.335 e. The van der Waals surface area contributed by atoms with Gasteiger partial charge in [-0.1, -0.05) is 24.3 Å². The van der Waals surface area contributed by atoms with Gasteiger partial charge in [-0.3, -0.25) is 4.40 Å². The van der Waals surface area contributed by atoms with Gasteiger partial charge in [0.15, 0.2) is 11.5 Å². The number of nitrogens with zero attached hydrogens (tertiary/aromatic N) is 3. The third-order valence-electron chi connectivity index (χ3n) is 3.97. The SMILES string of the molecule is CNc1nc2ccccc2n2c(-c3cccc(C(=O)O)c3)cnc12. The van der Waals surface area contributed by atoms with Crippen molar-refractivity contribution >= 4 is 28.5 Å². The molecule has 0 aliphatic heterocycles. The maximum Gasteiger partial charge on any atom is 0.335 e. The molecule has 2 heterocycles. The summed E-state index contributed by atoms with van der Waals surface area (Å²) in [5.41, 5.74) is 4.31. The van der Waals surface area contributed by atoms with Crippen molar-refractivity contribution in [2.24, 2.45) is 0 Å². The molecule has 0 saturated carbocycles. The third-order valence-corrected chi connectivity index (χ3v) is 3.97. The minimum Gasteiger partial charge on any atom is -0.478 e. The zero-order chi connectivity index (χ0) is 16.7. The zero-order valence-corrected chi connectivity index (χ0v) is 12.9. The molecule has 0 bridgehead atoms. The maximum atomic E-state index is 11.3. The van der Waals surface area contributed by atoms with Crippen LogP contribution in [0, 0.1) is 0 Å². The van der Waals surface area contributed by atoms with Crippen molar-refractivity contribution in [2.75, 3.05) is 12.4 Å². The van der Waals surface area contributed by atoms with Gasteiger partial charge in [0, 0.05) is 12.6 Å². The van der Waals surface area contributed by atoms with E-state index in [1.165, 1.54) is 0 Å². The molecule has 6 heteroatoms. The topological polar surface area (TPSA) is 79.5 Å². The number of carbonyl (C=O) groups is 1. The van der Waals surface area contributed by atoms with Gasteiger partial charge in [0.25, 0.3) is 0 Å². The molecule has 2 N–H and O–H groups in total. The fraction of sp³-hybridized carbons (Fsp3) is 0.0556. The number of hydrogen-bond acceptors (Lipinski definition) is 4. The molecule has 2 aromatic heterocycles. The van der Waals surface area contributed by atoms with E-state index >= 15 is 0 Å². The van der Waals surface area contributed by atoms with Gasteiger partial charge in [0.2, 0.25) is 0 Å². The van der Waals surface area contributed by atoms with Crippen LogP contribution < -0.4 is 5.32 Å². The molecule has 118 valence electrons. The van der Waals surface area contributed by atoms with E-state index in [0.29, 0.717) is 11.5 Å². The quantitative estimate of drug-likeness (QED) is 0.606. The van der Waals surface area contributed by atoms with E-state index in [-0.39, 0.29) is 5.56 Å². The van der Waals surface area contributed by atoms with Crippen molar-refractivity contribution in [3.05, 3.63) is 60.3 Å². The Morgan fingerprint density at radius 1 is 1.17 bits per heavy atom. The molecule has 0 aliphatic carbocycles. The number of rotatable bonds is 3. The molecule has 4 rings (SSSR count). The van der Waals surface area contributed by atoms with E-state index < -0.39 is 5.97 Å². The summed E-state index contributed by atoms with van der Waals surface area (Å²) >= 11 is 0. The number of hydrogen-bond donors (Lipinski definition) is 2. The summed E-state index contributed by atoms with van der Waals surface area (Å²) in [5, 5.41) is 12.3. The van der Waals surface area contributed by atoms with Crippen molar-refractivity contribution in [1.82, 2.24) is 14.4 Å². The molecule has 0 amide bonds. The normalized spacial score (nSPS) is 11.0. The first-order valence-corrected chi connectivity index (χ1v) is 7.46. The van der Waals surface area contributed by atoms with Crippen molar-refractivity contribution in [2.45, 2.75) is 0 Å². The lowest BCUT2D eigenvalue weighted by Crippen LogP contribution is -2.01. The number of para-hydroxylation sites is 2. The van der Waals surface area contributed by atoms with Crippen LogP contribution in [0.1, 0.15) is 10.4 Å². The molecule has 0 unspecified atom stereocenters. The summed E-state index contributed by atoms with van der Waals surface area (Å²) in [4.78, 5) is 20.3. The van der Waals surface area contributed by atoms with Crippen LogP contribution in [0.2, 0.25) is 0 Å². The number of aromatic carboxylic acids is 1. The Labute approximate surface area is 137 Å². The van der Waals surface area contributed by atoms with Gasteiger partial charge in [0.1, 0.15) is 0 Å². The zero-order valence-electron chi connectivity index (χ0n) is 12.9. The average Bonchev–Trinajstić information content (AvgIpc) is 3.06. The first-order valence-electron chi connectivity index (χ1n) is 7.46. The number of carboxylic acids is 1.